The van der Waals surface area contributed by atoms with E-state index in [2.05, 4.69) is 15.6 Å². The molecular formula is C26H31N3O2. The highest BCUT2D eigenvalue weighted by atomic mass is 16.2. The fraction of sp³-hybridized carbons (Fsp3) is 0.500. The summed E-state index contributed by atoms with van der Waals surface area (Å²) < 4.78 is 0. The molecule has 0 spiro atoms. The molecule has 1 aromatic carbocycles. The lowest BCUT2D eigenvalue weighted by molar-refractivity contribution is -0.116. The van der Waals surface area contributed by atoms with Crippen molar-refractivity contribution in [3.63, 3.8) is 0 Å². The molecule has 0 aliphatic heterocycles. The molecule has 5 heteroatoms. The lowest BCUT2D eigenvalue weighted by atomic mass is 9.53. The molecule has 0 saturated heterocycles. The Morgan fingerprint density at radius 2 is 1.58 bits per heavy atom. The van der Waals surface area contributed by atoms with E-state index in [0.29, 0.717) is 11.3 Å². The Hall–Kier alpha value is -2.69. The van der Waals surface area contributed by atoms with E-state index in [9.17, 15) is 9.59 Å². The normalized spacial score (nSPS) is 28.4. The van der Waals surface area contributed by atoms with Gasteiger partial charge in [-0.1, -0.05) is 29.8 Å². The number of carbonyl (C=O) groups excluding carboxylic acids is 2. The minimum atomic E-state index is -0.163. The average molecular weight is 418 g/mol. The number of benzene rings is 1. The number of ketones is 1. The van der Waals surface area contributed by atoms with Crippen molar-refractivity contribution >= 4 is 23.2 Å². The first-order valence-corrected chi connectivity index (χ1v) is 11.6. The number of anilines is 2. The highest BCUT2D eigenvalue weighted by molar-refractivity contribution is 6.00. The van der Waals surface area contributed by atoms with Crippen LogP contribution in [0.4, 0.5) is 11.5 Å². The summed E-state index contributed by atoms with van der Waals surface area (Å²) >= 11 is 0. The van der Waals surface area contributed by atoms with E-state index in [1.165, 1.54) is 38.5 Å². The molecule has 4 saturated carbocycles. The predicted octanol–water partition coefficient (Wildman–Crippen LogP) is 5.37. The third-order valence-corrected chi connectivity index (χ3v) is 7.43. The molecular weight excluding hydrogens is 386 g/mol. The number of nitrogens with zero attached hydrogens (tertiary/aromatic N) is 1. The molecule has 1 amide bonds. The third kappa shape index (κ3) is 4.51. The lowest BCUT2D eigenvalue weighted by Gasteiger charge is -2.57. The zero-order valence-corrected chi connectivity index (χ0v) is 18.2. The molecule has 4 aliphatic carbocycles. The first kappa shape index (κ1) is 20.2. The van der Waals surface area contributed by atoms with E-state index < -0.39 is 0 Å². The van der Waals surface area contributed by atoms with Crippen LogP contribution in [0.15, 0.2) is 42.6 Å². The summed E-state index contributed by atoms with van der Waals surface area (Å²) in [5, 5.41) is 6.62. The Kier molecular flexibility index (Phi) is 5.28. The fourth-order valence-corrected chi connectivity index (χ4v) is 6.41. The highest BCUT2D eigenvalue weighted by Gasteiger charge is 2.51. The van der Waals surface area contributed by atoms with Crippen LogP contribution < -0.4 is 10.6 Å². The van der Waals surface area contributed by atoms with Crippen LogP contribution in [0.5, 0.6) is 0 Å². The van der Waals surface area contributed by atoms with E-state index in [-0.39, 0.29) is 30.1 Å². The smallest absolute Gasteiger partial charge is 0.224 e. The van der Waals surface area contributed by atoms with Crippen molar-refractivity contribution in [1.82, 2.24) is 4.98 Å². The van der Waals surface area contributed by atoms with E-state index in [1.54, 1.807) is 6.20 Å². The minimum Gasteiger partial charge on any atom is -0.365 e. The van der Waals surface area contributed by atoms with E-state index in [1.807, 2.05) is 43.3 Å². The molecule has 4 aliphatic rings. The Morgan fingerprint density at radius 3 is 2.16 bits per heavy atom. The first-order valence-electron chi connectivity index (χ1n) is 11.6. The topological polar surface area (TPSA) is 71.1 Å². The maximum absolute atomic E-state index is 12.3. The maximum atomic E-state index is 12.3. The predicted molar refractivity (Wildman–Crippen MR) is 122 cm³/mol. The Bertz CT molecular complexity index is 930. The maximum Gasteiger partial charge on any atom is 0.224 e. The van der Waals surface area contributed by atoms with Crippen LogP contribution in [0.3, 0.4) is 0 Å². The van der Waals surface area contributed by atoms with Gasteiger partial charge in [0.2, 0.25) is 5.91 Å². The van der Waals surface area contributed by atoms with Crippen LogP contribution in [0.2, 0.25) is 0 Å². The van der Waals surface area contributed by atoms with Gasteiger partial charge in [0.15, 0.2) is 5.78 Å². The van der Waals surface area contributed by atoms with Crippen LogP contribution in [-0.4, -0.2) is 22.2 Å². The summed E-state index contributed by atoms with van der Waals surface area (Å²) in [7, 11) is 0. The second-order valence-corrected chi connectivity index (χ2v) is 10.1. The monoisotopic (exact) mass is 417 g/mol. The summed E-state index contributed by atoms with van der Waals surface area (Å²) in [6.07, 6.45) is 10.2. The second-order valence-electron chi connectivity index (χ2n) is 10.1. The van der Waals surface area contributed by atoms with Gasteiger partial charge < -0.3 is 10.6 Å². The molecule has 0 atom stereocenters. The van der Waals surface area contributed by atoms with Gasteiger partial charge in [-0.25, -0.2) is 4.98 Å². The molecule has 1 aromatic heterocycles. The van der Waals surface area contributed by atoms with Gasteiger partial charge >= 0.3 is 0 Å². The quantitative estimate of drug-likeness (QED) is 0.594. The Morgan fingerprint density at radius 1 is 0.935 bits per heavy atom. The van der Waals surface area contributed by atoms with Crippen molar-refractivity contribution in [2.75, 3.05) is 10.6 Å². The molecule has 1 heterocycles. The van der Waals surface area contributed by atoms with E-state index in [0.717, 1.165) is 29.1 Å². The van der Waals surface area contributed by atoms with Gasteiger partial charge in [0.05, 0.1) is 11.9 Å². The van der Waals surface area contributed by atoms with Gasteiger partial charge in [-0.3, -0.25) is 9.59 Å². The number of Topliss-reactive ketones (excluding diaryl/α,β-unsaturated/α-hetero) is 1. The summed E-state index contributed by atoms with van der Waals surface area (Å²) in [5.74, 6) is 3.39. The number of rotatable bonds is 7. The molecule has 5 nitrogen and oxygen atoms in total. The van der Waals surface area contributed by atoms with Crippen molar-refractivity contribution < 1.29 is 9.59 Å². The number of hydrogen-bond acceptors (Lipinski definition) is 4. The zero-order valence-electron chi connectivity index (χ0n) is 18.2. The van der Waals surface area contributed by atoms with Crippen molar-refractivity contribution in [3.8, 4) is 0 Å². The van der Waals surface area contributed by atoms with Crippen LogP contribution in [0, 0.1) is 24.7 Å². The zero-order chi connectivity index (χ0) is 21.4. The molecule has 0 radical (unpaired) electrons. The largest absolute Gasteiger partial charge is 0.365 e. The van der Waals surface area contributed by atoms with Crippen molar-refractivity contribution in [1.29, 1.82) is 0 Å². The van der Waals surface area contributed by atoms with Crippen LogP contribution in [-0.2, 0) is 4.79 Å². The minimum absolute atomic E-state index is 0.0107. The fourth-order valence-electron chi connectivity index (χ4n) is 6.41. The third-order valence-electron chi connectivity index (χ3n) is 7.43. The molecule has 2 aromatic rings. The van der Waals surface area contributed by atoms with Gasteiger partial charge in [0.1, 0.15) is 5.82 Å². The van der Waals surface area contributed by atoms with Crippen LogP contribution in [0.25, 0.3) is 0 Å². The Labute approximate surface area is 184 Å². The van der Waals surface area contributed by atoms with Gasteiger partial charge in [-0.15, -0.1) is 0 Å². The van der Waals surface area contributed by atoms with Crippen molar-refractivity contribution in [2.24, 2.45) is 17.8 Å². The summed E-state index contributed by atoms with van der Waals surface area (Å²) in [6.45, 7) is 1.99. The lowest BCUT2D eigenvalue weighted by Crippen LogP contribution is -2.54. The first-order chi connectivity index (χ1) is 15.0. The number of hydrogen-bond donors (Lipinski definition) is 2. The van der Waals surface area contributed by atoms with Crippen molar-refractivity contribution in [2.45, 2.75) is 63.8 Å². The van der Waals surface area contributed by atoms with Crippen LogP contribution in [0.1, 0.15) is 67.3 Å². The molecule has 31 heavy (non-hydrogen) atoms. The number of carbonyl (C=O) groups is 2. The summed E-state index contributed by atoms with van der Waals surface area (Å²) in [5.41, 5.74) is 2.66. The van der Waals surface area contributed by atoms with Gasteiger partial charge in [0, 0.05) is 23.9 Å². The van der Waals surface area contributed by atoms with Crippen molar-refractivity contribution in [3.05, 3.63) is 53.7 Å². The number of nitrogens with one attached hydrogen (secondary N) is 2. The average Bonchev–Trinajstić information content (AvgIpc) is 2.73. The molecule has 6 rings (SSSR count). The standard InChI is InChI=1S/C26H31N3O2/c1-17-2-4-21(5-3-17)23(30)7-9-25(31)28-22-6-8-24(27-16-22)29-26-13-18-10-19(14-26)12-20(11-18)15-26/h2-6,8,16,18-20H,7,9-15H2,1H3,(H,27,29)(H,28,31). The van der Waals surface area contributed by atoms with Gasteiger partial charge in [-0.2, -0.15) is 0 Å². The number of amides is 1. The number of aromatic nitrogens is 1. The van der Waals surface area contributed by atoms with E-state index >= 15 is 0 Å². The molecule has 2 N–H and O–H groups in total. The molecule has 4 bridgehead atoms. The SMILES string of the molecule is Cc1ccc(C(=O)CCC(=O)Nc2ccc(NC34CC5CC(CC(C5)C3)C4)nc2)cc1. The van der Waals surface area contributed by atoms with Gasteiger partial charge in [-0.05, 0) is 75.3 Å². The Balaban J connectivity index is 1.13. The van der Waals surface area contributed by atoms with Gasteiger partial charge in [0.25, 0.3) is 0 Å². The number of aryl methyl sites for hydroxylation is 1. The second kappa shape index (κ2) is 8.10. The highest BCUT2D eigenvalue weighted by Crippen LogP contribution is 2.56. The molecule has 0 unspecified atom stereocenters. The van der Waals surface area contributed by atoms with E-state index in [4.69, 9.17) is 0 Å². The number of pyridine rings is 1. The summed E-state index contributed by atoms with van der Waals surface area (Å²) in [6, 6.07) is 11.3. The van der Waals surface area contributed by atoms with Crippen LogP contribution >= 0.6 is 0 Å². The molecule has 4 fully saturated rings. The molecule has 162 valence electrons. The summed E-state index contributed by atoms with van der Waals surface area (Å²) in [4.78, 5) is 29.1.